The van der Waals surface area contributed by atoms with Crippen LogP contribution in [0.2, 0.25) is 0 Å². The molecule has 6 rings (SSSR count). The monoisotopic (exact) mass is 422 g/mol. The molecule has 4 fully saturated rings. The van der Waals surface area contributed by atoms with Crippen molar-refractivity contribution in [3.05, 3.63) is 54.6 Å². The molecule has 0 heterocycles. The predicted molar refractivity (Wildman–Crippen MR) is 118 cm³/mol. The highest BCUT2D eigenvalue weighted by Gasteiger charge is 2.60. The molecule has 4 heteroatoms. The smallest absolute Gasteiger partial charge is 0.305 e. The van der Waals surface area contributed by atoms with Gasteiger partial charge in [-0.2, -0.15) is 0 Å². The van der Waals surface area contributed by atoms with Gasteiger partial charge in [0.15, 0.2) is 0 Å². The molecule has 4 atom stereocenters. The van der Waals surface area contributed by atoms with Crippen molar-refractivity contribution in [2.75, 3.05) is 0 Å². The Morgan fingerprint density at radius 3 is 2.23 bits per heavy atom. The molecular weight excluding hydrogens is 392 g/mol. The van der Waals surface area contributed by atoms with Gasteiger partial charge in [-0.1, -0.05) is 36.9 Å². The summed E-state index contributed by atoms with van der Waals surface area (Å²) in [5, 5.41) is 0. The van der Waals surface area contributed by atoms with Gasteiger partial charge in [0.2, 0.25) is 6.29 Å². The maximum atomic E-state index is 12.0. The second-order valence-electron chi connectivity index (χ2n) is 9.58. The molecule has 0 radical (unpaired) electrons. The van der Waals surface area contributed by atoms with E-state index in [0.717, 1.165) is 36.3 Å². The minimum atomic E-state index is -0.494. The number of hydrogen-bond acceptors (Lipinski definition) is 4. The Balaban J connectivity index is 1.36. The zero-order valence-corrected chi connectivity index (χ0v) is 18.6. The molecule has 4 bridgehead atoms. The van der Waals surface area contributed by atoms with Crippen LogP contribution in [0.5, 0.6) is 5.75 Å². The fourth-order valence-electron chi connectivity index (χ4n) is 6.51. The average Bonchev–Trinajstić information content (AvgIpc) is 2.72. The van der Waals surface area contributed by atoms with E-state index >= 15 is 0 Å². The molecule has 4 aliphatic rings. The van der Waals surface area contributed by atoms with Gasteiger partial charge in [-0.15, -0.1) is 0 Å². The van der Waals surface area contributed by atoms with Gasteiger partial charge in [-0.3, -0.25) is 4.79 Å². The standard InChI is InChI=1S/C26H30O3S/c1-17-21-13-19-12-20(14-21)16-26(17,15-19)25(28-18(2)27)29-22-8-10-24(11-9-22)30-23-6-4-3-5-7-23/h3-11,17,19-21,25H,12-16H2,1-2H3. The van der Waals surface area contributed by atoms with E-state index in [4.69, 9.17) is 9.47 Å². The minimum Gasteiger partial charge on any atom is -0.454 e. The highest BCUT2D eigenvalue weighted by atomic mass is 32.2. The first-order chi connectivity index (χ1) is 14.5. The summed E-state index contributed by atoms with van der Waals surface area (Å²) in [5.74, 6) is 3.35. The fourth-order valence-corrected chi connectivity index (χ4v) is 7.35. The number of rotatable bonds is 6. The van der Waals surface area contributed by atoms with Gasteiger partial charge in [-0.25, -0.2) is 0 Å². The van der Waals surface area contributed by atoms with Crippen LogP contribution in [0.4, 0.5) is 0 Å². The van der Waals surface area contributed by atoms with Gasteiger partial charge in [0.25, 0.3) is 0 Å². The third kappa shape index (κ3) is 3.75. The lowest BCUT2D eigenvalue weighted by molar-refractivity contribution is -0.235. The number of carbonyl (C=O) groups is 1. The van der Waals surface area contributed by atoms with E-state index in [0.29, 0.717) is 5.92 Å². The molecule has 30 heavy (non-hydrogen) atoms. The van der Waals surface area contributed by atoms with E-state index in [9.17, 15) is 4.79 Å². The Morgan fingerprint density at radius 1 is 0.967 bits per heavy atom. The van der Waals surface area contributed by atoms with Crippen LogP contribution in [0, 0.1) is 29.1 Å². The molecule has 0 saturated heterocycles. The Labute approximate surface area is 183 Å². The van der Waals surface area contributed by atoms with E-state index in [-0.39, 0.29) is 11.4 Å². The van der Waals surface area contributed by atoms with Crippen LogP contribution in [0.3, 0.4) is 0 Å². The third-order valence-corrected chi connectivity index (χ3v) is 8.69. The van der Waals surface area contributed by atoms with Gasteiger partial charge < -0.3 is 9.47 Å². The molecule has 0 amide bonds. The Kier molecular flexibility index (Phi) is 5.30. The zero-order chi connectivity index (χ0) is 20.7. The predicted octanol–water partition coefficient (Wildman–Crippen LogP) is 6.57. The van der Waals surface area contributed by atoms with Crippen molar-refractivity contribution >= 4 is 17.7 Å². The molecule has 158 valence electrons. The lowest BCUT2D eigenvalue weighted by atomic mass is 9.45. The van der Waals surface area contributed by atoms with Gasteiger partial charge in [0.05, 0.1) is 0 Å². The van der Waals surface area contributed by atoms with E-state index in [1.54, 1.807) is 11.8 Å². The molecule has 2 aromatic rings. The van der Waals surface area contributed by atoms with Crippen LogP contribution in [-0.4, -0.2) is 12.3 Å². The quantitative estimate of drug-likeness (QED) is 0.390. The van der Waals surface area contributed by atoms with Crippen molar-refractivity contribution in [3.63, 3.8) is 0 Å². The highest BCUT2D eigenvalue weighted by Crippen LogP contribution is 2.64. The lowest BCUT2D eigenvalue weighted by Crippen LogP contribution is -2.59. The van der Waals surface area contributed by atoms with Crippen LogP contribution in [0.25, 0.3) is 0 Å². The van der Waals surface area contributed by atoms with Crippen LogP contribution >= 0.6 is 11.8 Å². The molecule has 4 unspecified atom stereocenters. The maximum Gasteiger partial charge on any atom is 0.305 e. The Bertz CT molecular complexity index is 880. The first-order valence-electron chi connectivity index (χ1n) is 11.2. The van der Waals surface area contributed by atoms with E-state index in [2.05, 4.69) is 43.3 Å². The van der Waals surface area contributed by atoms with Gasteiger partial charge in [0.1, 0.15) is 5.75 Å². The molecule has 0 aliphatic heterocycles. The molecule has 4 saturated carbocycles. The summed E-state index contributed by atoms with van der Waals surface area (Å²) in [4.78, 5) is 14.4. The van der Waals surface area contributed by atoms with Gasteiger partial charge >= 0.3 is 5.97 Å². The number of benzene rings is 2. The van der Waals surface area contributed by atoms with Crippen LogP contribution in [0.1, 0.15) is 46.0 Å². The molecule has 0 spiro atoms. The Hall–Kier alpha value is -1.94. The van der Waals surface area contributed by atoms with Crippen molar-refractivity contribution in [2.45, 2.75) is 62.0 Å². The molecular formula is C26H30O3S. The van der Waals surface area contributed by atoms with Crippen molar-refractivity contribution in [1.29, 1.82) is 0 Å². The van der Waals surface area contributed by atoms with Crippen LogP contribution in [0.15, 0.2) is 64.4 Å². The second-order valence-corrected chi connectivity index (χ2v) is 10.7. The van der Waals surface area contributed by atoms with Gasteiger partial charge in [0, 0.05) is 22.1 Å². The second kappa shape index (κ2) is 7.96. The lowest BCUT2D eigenvalue weighted by Gasteiger charge is -2.61. The summed E-state index contributed by atoms with van der Waals surface area (Å²) in [6, 6.07) is 18.5. The van der Waals surface area contributed by atoms with Crippen LogP contribution in [-0.2, 0) is 9.53 Å². The molecule has 3 nitrogen and oxygen atoms in total. The molecule has 0 aromatic heterocycles. The first-order valence-corrected chi connectivity index (χ1v) is 12.0. The van der Waals surface area contributed by atoms with E-state index < -0.39 is 6.29 Å². The average molecular weight is 423 g/mol. The van der Waals surface area contributed by atoms with E-state index in [1.807, 2.05) is 18.2 Å². The number of hydrogen-bond donors (Lipinski definition) is 0. The Morgan fingerprint density at radius 2 is 1.60 bits per heavy atom. The fraction of sp³-hybridized carbons (Fsp3) is 0.500. The normalized spacial score (nSPS) is 32.6. The van der Waals surface area contributed by atoms with E-state index in [1.165, 1.54) is 36.0 Å². The maximum absolute atomic E-state index is 12.0. The molecule has 4 aliphatic carbocycles. The summed E-state index contributed by atoms with van der Waals surface area (Å²) in [6.07, 6.45) is 5.80. The summed E-state index contributed by atoms with van der Waals surface area (Å²) in [5.41, 5.74) is -0.0438. The summed E-state index contributed by atoms with van der Waals surface area (Å²) in [7, 11) is 0. The topological polar surface area (TPSA) is 35.5 Å². The number of ether oxygens (including phenoxy) is 2. The number of esters is 1. The van der Waals surface area contributed by atoms with Crippen molar-refractivity contribution in [2.24, 2.45) is 29.1 Å². The summed E-state index contributed by atoms with van der Waals surface area (Å²) < 4.78 is 12.3. The molecule has 2 aromatic carbocycles. The SMILES string of the molecule is CC(=O)OC(Oc1ccc(Sc2ccccc2)cc1)C12CC3CC(CC(C3)C1C)C2. The largest absolute Gasteiger partial charge is 0.454 e. The number of carbonyl (C=O) groups excluding carboxylic acids is 1. The minimum absolute atomic E-state index is 0.0438. The summed E-state index contributed by atoms with van der Waals surface area (Å²) >= 11 is 1.73. The molecule has 0 N–H and O–H groups in total. The third-order valence-electron chi connectivity index (χ3n) is 7.68. The van der Waals surface area contributed by atoms with Crippen molar-refractivity contribution in [1.82, 2.24) is 0 Å². The summed E-state index contributed by atoms with van der Waals surface area (Å²) in [6.45, 7) is 3.86. The first kappa shape index (κ1) is 20.0. The van der Waals surface area contributed by atoms with Gasteiger partial charge in [-0.05, 0) is 92.2 Å². The van der Waals surface area contributed by atoms with Crippen LogP contribution < -0.4 is 4.74 Å². The van der Waals surface area contributed by atoms with Crippen molar-refractivity contribution in [3.8, 4) is 5.75 Å². The zero-order valence-electron chi connectivity index (χ0n) is 17.8. The van der Waals surface area contributed by atoms with Crippen molar-refractivity contribution < 1.29 is 14.3 Å². The highest BCUT2D eigenvalue weighted by molar-refractivity contribution is 7.99.